The first kappa shape index (κ1) is 24.4. The van der Waals surface area contributed by atoms with Gasteiger partial charge in [0, 0.05) is 44.2 Å². The van der Waals surface area contributed by atoms with E-state index < -0.39 is 0 Å². The van der Waals surface area contributed by atoms with E-state index in [0.29, 0.717) is 11.8 Å². The fraction of sp³-hybridized carbons (Fsp3) is 0.684. The van der Waals surface area contributed by atoms with Crippen molar-refractivity contribution in [2.24, 2.45) is 4.99 Å². The summed E-state index contributed by atoms with van der Waals surface area (Å²) in [4.78, 5) is 9.04. The van der Waals surface area contributed by atoms with Crippen molar-refractivity contribution >= 4 is 29.9 Å². The van der Waals surface area contributed by atoms with Crippen molar-refractivity contribution in [2.75, 3.05) is 19.6 Å². The first-order chi connectivity index (χ1) is 13.0. The fourth-order valence-corrected chi connectivity index (χ4v) is 2.70. The van der Waals surface area contributed by atoms with E-state index in [4.69, 9.17) is 4.52 Å². The molecule has 0 saturated heterocycles. The molecule has 0 aromatic carbocycles. The van der Waals surface area contributed by atoms with Crippen molar-refractivity contribution < 1.29 is 4.52 Å². The summed E-state index contributed by atoms with van der Waals surface area (Å²) >= 11 is 0. The van der Waals surface area contributed by atoms with Gasteiger partial charge < -0.3 is 15.2 Å². The molecule has 0 fully saturated rings. The van der Waals surface area contributed by atoms with Crippen molar-refractivity contribution in [1.29, 1.82) is 0 Å². The largest absolute Gasteiger partial charge is 0.357 e. The van der Waals surface area contributed by atoms with E-state index in [1.807, 2.05) is 11.6 Å². The predicted octanol–water partition coefficient (Wildman–Crippen LogP) is 3.20. The second-order valence-corrected chi connectivity index (χ2v) is 7.00. The number of aliphatic imine (C=N–C) groups is 1. The van der Waals surface area contributed by atoms with E-state index >= 15 is 0 Å². The molecule has 2 aromatic heterocycles. The number of aryl methyl sites for hydroxylation is 4. The van der Waals surface area contributed by atoms with Crippen LogP contribution in [-0.2, 0) is 13.0 Å². The molecule has 0 radical (unpaired) electrons. The van der Waals surface area contributed by atoms with Crippen LogP contribution in [0.25, 0.3) is 0 Å². The van der Waals surface area contributed by atoms with Crippen LogP contribution in [0.15, 0.2) is 15.6 Å². The van der Waals surface area contributed by atoms with Crippen LogP contribution in [0, 0.1) is 13.8 Å². The monoisotopic (exact) mass is 503 g/mol. The summed E-state index contributed by atoms with van der Waals surface area (Å²) < 4.78 is 7.31. The van der Waals surface area contributed by atoms with Crippen LogP contribution < -0.4 is 10.6 Å². The van der Waals surface area contributed by atoms with Gasteiger partial charge in [0.05, 0.1) is 5.69 Å². The van der Waals surface area contributed by atoms with E-state index in [2.05, 4.69) is 64.6 Å². The molecule has 0 aliphatic carbocycles. The zero-order valence-electron chi connectivity index (χ0n) is 17.7. The van der Waals surface area contributed by atoms with Crippen molar-refractivity contribution in [2.45, 2.75) is 66.3 Å². The SMILES string of the molecule is CCNC(=NCCCn1nc(C)cc1C)NCCCc1nc(C(C)C)no1.I. The Bertz CT molecular complexity index is 724. The van der Waals surface area contributed by atoms with Crippen molar-refractivity contribution in [3.8, 4) is 0 Å². The Morgan fingerprint density at radius 2 is 2.04 bits per heavy atom. The lowest BCUT2D eigenvalue weighted by Gasteiger charge is -2.11. The van der Waals surface area contributed by atoms with Gasteiger partial charge in [0.2, 0.25) is 5.89 Å². The van der Waals surface area contributed by atoms with E-state index in [1.165, 1.54) is 5.69 Å². The standard InChI is InChI=1S/C19H33N7O.HI/c1-6-20-19(22-11-8-12-26-16(5)13-15(4)24-26)21-10-7-9-17-23-18(14(2)3)25-27-17;/h13-14H,6-12H2,1-5H3,(H2,20,21,22);1H. The highest BCUT2D eigenvalue weighted by Crippen LogP contribution is 2.10. The molecule has 2 aromatic rings. The Morgan fingerprint density at radius 3 is 2.64 bits per heavy atom. The molecule has 2 N–H and O–H groups in total. The smallest absolute Gasteiger partial charge is 0.226 e. The zero-order chi connectivity index (χ0) is 19.6. The molecule has 28 heavy (non-hydrogen) atoms. The Kier molecular flexibility index (Phi) is 11.1. The number of halogens is 1. The van der Waals surface area contributed by atoms with Crippen LogP contribution in [0.3, 0.4) is 0 Å². The van der Waals surface area contributed by atoms with Gasteiger partial charge in [0.25, 0.3) is 0 Å². The van der Waals surface area contributed by atoms with Gasteiger partial charge in [0.15, 0.2) is 11.8 Å². The van der Waals surface area contributed by atoms with E-state index in [-0.39, 0.29) is 24.0 Å². The molecule has 0 bridgehead atoms. The fourth-order valence-electron chi connectivity index (χ4n) is 2.70. The van der Waals surface area contributed by atoms with E-state index in [1.54, 1.807) is 0 Å². The minimum Gasteiger partial charge on any atom is -0.357 e. The van der Waals surface area contributed by atoms with Gasteiger partial charge in [-0.25, -0.2) is 0 Å². The molecule has 0 atom stereocenters. The quantitative estimate of drug-likeness (QED) is 0.224. The molecule has 0 aliphatic rings. The van der Waals surface area contributed by atoms with Crippen LogP contribution >= 0.6 is 24.0 Å². The lowest BCUT2D eigenvalue weighted by Crippen LogP contribution is -2.38. The highest BCUT2D eigenvalue weighted by atomic mass is 127. The molecule has 0 saturated carbocycles. The highest BCUT2D eigenvalue weighted by molar-refractivity contribution is 14.0. The van der Waals surface area contributed by atoms with Crippen molar-refractivity contribution in [1.82, 2.24) is 30.6 Å². The number of guanidine groups is 1. The molecule has 2 heterocycles. The zero-order valence-corrected chi connectivity index (χ0v) is 20.0. The number of nitrogens with one attached hydrogen (secondary N) is 2. The number of hydrogen-bond donors (Lipinski definition) is 2. The third-order valence-corrected chi connectivity index (χ3v) is 4.11. The molecule has 0 amide bonds. The minimum absolute atomic E-state index is 0. The molecule has 9 heteroatoms. The summed E-state index contributed by atoms with van der Waals surface area (Å²) in [7, 11) is 0. The van der Waals surface area contributed by atoms with Crippen LogP contribution in [-0.4, -0.2) is 45.5 Å². The van der Waals surface area contributed by atoms with Crippen LogP contribution in [0.5, 0.6) is 0 Å². The van der Waals surface area contributed by atoms with Gasteiger partial charge in [-0.15, -0.1) is 24.0 Å². The second-order valence-electron chi connectivity index (χ2n) is 7.00. The first-order valence-corrected chi connectivity index (χ1v) is 9.85. The second kappa shape index (κ2) is 12.7. The highest BCUT2D eigenvalue weighted by Gasteiger charge is 2.09. The van der Waals surface area contributed by atoms with E-state index in [0.717, 1.165) is 62.9 Å². The van der Waals surface area contributed by atoms with E-state index in [9.17, 15) is 0 Å². The van der Waals surface area contributed by atoms with Crippen LogP contribution in [0.2, 0.25) is 0 Å². The van der Waals surface area contributed by atoms with Crippen LogP contribution in [0.4, 0.5) is 0 Å². The topological polar surface area (TPSA) is 93.2 Å². The molecule has 8 nitrogen and oxygen atoms in total. The van der Waals surface area contributed by atoms with Gasteiger partial charge in [-0.3, -0.25) is 9.67 Å². The third kappa shape index (κ3) is 8.15. The van der Waals surface area contributed by atoms with Gasteiger partial charge >= 0.3 is 0 Å². The summed E-state index contributed by atoms with van der Waals surface area (Å²) in [6, 6.07) is 2.10. The Balaban J connectivity index is 0.00000392. The molecule has 2 rings (SSSR count). The molecule has 0 unspecified atom stereocenters. The predicted molar refractivity (Wildman–Crippen MR) is 122 cm³/mol. The number of aromatic nitrogens is 4. The Morgan fingerprint density at radius 1 is 1.25 bits per heavy atom. The van der Waals surface area contributed by atoms with Gasteiger partial charge in [-0.2, -0.15) is 10.1 Å². The molecular formula is C19H34IN7O. The normalized spacial score (nSPS) is 11.6. The summed E-state index contributed by atoms with van der Waals surface area (Å²) in [6.07, 6.45) is 2.64. The lowest BCUT2D eigenvalue weighted by atomic mass is 10.2. The number of nitrogens with zero attached hydrogens (tertiary/aromatic N) is 5. The molecule has 0 spiro atoms. The van der Waals surface area contributed by atoms with Crippen LogP contribution in [0.1, 0.15) is 62.6 Å². The molecule has 158 valence electrons. The average molecular weight is 503 g/mol. The van der Waals surface area contributed by atoms with Crippen molar-refractivity contribution in [3.63, 3.8) is 0 Å². The average Bonchev–Trinajstić information content (AvgIpc) is 3.21. The Hall–Kier alpha value is -1.65. The summed E-state index contributed by atoms with van der Waals surface area (Å²) in [5.74, 6) is 2.62. The van der Waals surface area contributed by atoms with Gasteiger partial charge in [-0.05, 0) is 39.7 Å². The lowest BCUT2D eigenvalue weighted by molar-refractivity contribution is 0.368. The van der Waals surface area contributed by atoms with Gasteiger partial charge in [0.1, 0.15) is 0 Å². The van der Waals surface area contributed by atoms with Gasteiger partial charge in [-0.1, -0.05) is 19.0 Å². The summed E-state index contributed by atoms with van der Waals surface area (Å²) in [6.45, 7) is 13.6. The Labute approximate surface area is 185 Å². The van der Waals surface area contributed by atoms with Crippen molar-refractivity contribution in [3.05, 3.63) is 29.2 Å². The number of hydrogen-bond acceptors (Lipinski definition) is 5. The maximum absolute atomic E-state index is 5.27. The molecule has 0 aliphatic heterocycles. The summed E-state index contributed by atoms with van der Waals surface area (Å²) in [5, 5.41) is 15.1. The maximum Gasteiger partial charge on any atom is 0.226 e. The molecular weight excluding hydrogens is 469 g/mol. The maximum atomic E-state index is 5.27. The number of rotatable bonds is 10. The third-order valence-electron chi connectivity index (χ3n) is 4.11. The summed E-state index contributed by atoms with van der Waals surface area (Å²) in [5.41, 5.74) is 2.26. The first-order valence-electron chi connectivity index (χ1n) is 9.85. The minimum atomic E-state index is 0.